The Hall–Kier alpha value is -1.43. The number of carbonyl (C=O) groups excluding carboxylic acids is 1. The van der Waals surface area contributed by atoms with Crippen molar-refractivity contribution in [2.45, 2.75) is 43.5 Å². The maximum Gasteiger partial charge on any atom is 0.343 e. The number of fused-ring (bicyclic) bond motifs is 1. The Labute approximate surface area is 126 Å². The summed E-state index contributed by atoms with van der Waals surface area (Å²) in [7, 11) is 1.08. The molecule has 1 aromatic rings. The smallest absolute Gasteiger partial charge is 0.343 e. The molecule has 0 amide bonds. The summed E-state index contributed by atoms with van der Waals surface area (Å²) in [6.45, 7) is 0.628. The molecule has 0 atom stereocenters. The van der Waals surface area contributed by atoms with Gasteiger partial charge < -0.3 is 14.4 Å². The van der Waals surface area contributed by atoms with Crippen molar-refractivity contribution < 1.29 is 14.6 Å². The van der Waals surface area contributed by atoms with Gasteiger partial charge >= 0.3 is 11.5 Å². The highest BCUT2D eigenvalue weighted by Crippen LogP contribution is 2.34. The molecule has 114 valence electrons. The van der Waals surface area contributed by atoms with E-state index in [1.807, 2.05) is 0 Å². The van der Waals surface area contributed by atoms with Gasteiger partial charge in [0.15, 0.2) is 5.75 Å². The van der Waals surface area contributed by atoms with Crippen LogP contribution in [-0.2, 0) is 28.6 Å². The lowest BCUT2D eigenvalue weighted by atomic mass is 10.0. The second-order valence-electron chi connectivity index (χ2n) is 5.51. The number of nitrogens with zero attached hydrogens (tertiary/aromatic N) is 1. The number of carbonyl (C=O) groups is 1. The van der Waals surface area contributed by atoms with Gasteiger partial charge in [0.25, 0.3) is 4.90 Å². The van der Waals surface area contributed by atoms with Crippen molar-refractivity contribution in [2.24, 2.45) is 0 Å². The van der Waals surface area contributed by atoms with Crippen LogP contribution in [0, 0.1) is 0 Å². The fraction of sp³-hybridized carbons (Fsp3) is 0.600. The summed E-state index contributed by atoms with van der Waals surface area (Å²) in [6.07, 6.45) is 4.66. The molecule has 3 rings (SSSR count). The van der Waals surface area contributed by atoms with Crippen molar-refractivity contribution in [2.75, 3.05) is 18.6 Å². The molecule has 3 heterocycles. The number of hydrogen-bond donors (Lipinski definition) is 1. The topological polar surface area (TPSA) is 68.5 Å². The average molecular weight is 310 g/mol. The Balaban J connectivity index is 2.25. The summed E-state index contributed by atoms with van der Waals surface area (Å²) in [5.74, 6) is 1.21. The highest BCUT2D eigenvalue weighted by molar-refractivity contribution is 7.97. The van der Waals surface area contributed by atoms with Gasteiger partial charge in [0.1, 0.15) is 17.1 Å². The largest absolute Gasteiger partial charge is 0.503 e. The van der Waals surface area contributed by atoms with Gasteiger partial charge in [-0.1, -0.05) is 0 Å². The minimum absolute atomic E-state index is 0.0971. The molecule has 0 aromatic carbocycles. The van der Waals surface area contributed by atoms with Crippen LogP contribution in [0.15, 0.2) is 9.69 Å². The second-order valence-corrected chi connectivity index (χ2v) is 7.72. The van der Waals surface area contributed by atoms with E-state index in [0.717, 1.165) is 37.2 Å². The Bertz CT molecular complexity index is 632. The van der Waals surface area contributed by atoms with E-state index in [1.54, 1.807) is 4.57 Å². The lowest BCUT2D eigenvalue weighted by Gasteiger charge is -2.22. The van der Waals surface area contributed by atoms with Gasteiger partial charge in [-0.15, -0.1) is 0 Å². The minimum Gasteiger partial charge on any atom is -0.503 e. The Morgan fingerprint density at radius 1 is 1.24 bits per heavy atom. The molecule has 5 nitrogen and oxygen atoms in total. The molecule has 6 heteroatoms. The first-order chi connectivity index (χ1) is 10.1. The van der Waals surface area contributed by atoms with Crippen molar-refractivity contribution in [1.29, 1.82) is 0 Å². The molecular weight excluding hydrogens is 290 g/mol. The molecule has 0 aliphatic carbocycles. The Kier molecular flexibility index (Phi) is 3.97. The number of hydrogen-bond acceptors (Lipinski definition) is 4. The second kappa shape index (κ2) is 5.75. The van der Waals surface area contributed by atoms with Crippen LogP contribution in [0.2, 0.25) is 0 Å². The molecule has 0 spiro atoms. The molecule has 0 radical (unpaired) electrons. The number of aromatic nitrogens is 1. The summed E-state index contributed by atoms with van der Waals surface area (Å²) in [5, 5.41) is 10.6. The molecule has 1 saturated heterocycles. The number of esters is 1. The highest BCUT2D eigenvalue weighted by atomic mass is 32.2. The van der Waals surface area contributed by atoms with E-state index in [1.165, 1.54) is 7.11 Å². The molecule has 0 unspecified atom stereocenters. The SMILES string of the molecule is COC(=O)c1c(O)c([S+]2CCCC2)c(=O)n2c1CCCC2. The molecule has 1 fully saturated rings. The van der Waals surface area contributed by atoms with Gasteiger partial charge in [-0.3, -0.25) is 4.79 Å². The predicted molar refractivity (Wildman–Crippen MR) is 81.2 cm³/mol. The number of aromatic hydroxyl groups is 1. The molecule has 2 aliphatic heterocycles. The number of methoxy groups -OCH3 is 1. The maximum atomic E-state index is 12.7. The van der Waals surface area contributed by atoms with E-state index < -0.39 is 5.97 Å². The average Bonchev–Trinajstić information content (AvgIpc) is 3.01. The summed E-state index contributed by atoms with van der Waals surface area (Å²) in [6, 6.07) is 0. The molecule has 2 aliphatic rings. The van der Waals surface area contributed by atoms with Crippen LogP contribution < -0.4 is 5.56 Å². The fourth-order valence-electron chi connectivity index (χ4n) is 3.23. The van der Waals surface area contributed by atoms with E-state index in [2.05, 4.69) is 0 Å². The normalized spacial score (nSPS) is 18.5. The van der Waals surface area contributed by atoms with Crippen molar-refractivity contribution in [3.05, 3.63) is 21.6 Å². The fourth-order valence-corrected chi connectivity index (χ4v) is 5.68. The lowest BCUT2D eigenvalue weighted by molar-refractivity contribution is 0.0593. The first kappa shape index (κ1) is 14.5. The third kappa shape index (κ3) is 2.35. The summed E-state index contributed by atoms with van der Waals surface area (Å²) in [5.41, 5.74) is 0.758. The van der Waals surface area contributed by atoms with Gasteiger partial charge in [-0.25, -0.2) is 4.79 Å². The van der Waals surface area contributed by atoms with Gasteiger partial charge in [0.05, 0.1) is 7.11 Å². The molecule has 0 saturated carbocycles. The predicted octanol–water partition coefficient (Wildman–Crippen LogP) is 1.45. The van der Waals surface area contributed by atoms with E-state index in [0.29, 0.717) is 23.6 Å². The zero-order chi connectivity index (χ0) is 15.0. The highest BCUT2D eigenvalue weighted by Gasteiger charge is 2.38. The zero-order valence-electron chi connectivity index (χ0n) is 12.2. The molecular formula is C15H20NO4S+. The monoisotopic (exact) mass is 310 g/mol. The van der Waals surface area contributed by atoms with Crippen molar-refractivity contribution in [3.63, 3.8) is 0 Å². The quantitative estimate of drug-likeness (QED) is 0.663. The van der Waals surface area contributed by atoms with E-state index in [9.17, 15) is 14.7 Å². The standard InChI is InChI=1S/C15H19NO4S/c1-20-15(19)11-10-6-2-3-7-16(10)14(18)13(12(11)17)21-8-4-5-9-21/h2-9H2,1H3/p+1. The van der Waals surface area contributed by atoms with Crippen molar-refractivity contribution in [3.8, 4) is 5.75 Å². The van der Waals surface area contributed by atoms with Gasteiger partial charge in [0.2, 0.25) is 0 Å². The first-order valence-corrected chi connectivity index (χ1v) is 8.96. The maximum absolute atomic E-state index is 12.7. The number of pyridine rings is 1. The molecule has 1 N–H and O–H groups in total. The van der Waals surface area contributed by atoms with Crippen LogP contribution in [0.5, 0.6) is 5.75 Å². The van der Waals surface area contributed by atoms with Crippen LogP contribution in [-0.4, -0.2) is 34.3 Å². The van der Waals surface area contributed by atoms with Crippen molar-refractivity contribution in [1.82, 2.24) is 4.57 Å². The van der Waals surface area contributed by atoms with E-state index >= 15 is 0 Å². The molecule has 0 bridgehead atoms. The van der Waals surface area contributed by atoms with Gasteiger partial charge in [0, 0.05) is 23.1 Å². The Morgan fingerprint density at radius 2 is 1.95 bits per heavy atom. The summed E-state index contributed by atoms with van der Waals surface area (Å²) in [4.78, 5) is 25.3. The van der Waals surface area contributed by atoms with Crippen LogP contribution in [0.25, 0.3) is 0 Å². The van der Waals surface area contributed by atoms with Crippen LogP contribution in [0.4, 0.5) is 0 Å². The van der Waals surface area contributed by atoms with Crippen LogP contribution in [0.3, 0.4) is 0 Å². The lowest BCUT2D eigenvalue weighted by Crippen LogP contribution is -2.34. The molecule has 21 heavy (non-hydrogen) atoms. The summed E-state index contributed by atoms with van der Waals surface area (Å²) >= 11 is 0. The zero-order valence-corrected chi connectivity index (χ0v) is 13.0. The Morgan fingerprint density at radius 3 is 2.62 bits per heavy atom. The van der Waals surface area contributed by atoms with Crippen molar-refractivity contribution >= 4 is 16.9 Å². The third-order valence-electron chi connectivity index (χ3n) is 4.26. The number of rotatable bonds is 2. The van der Waals surface area contributed by atoms with Gasteiger partial charge in [-0.2, -0.15) is 0 Å². The third-order valence-corrected chi connectivity index (χ3v) is 6.77. The van der Waals surface area contributed by atoms with E-state index in [-0.39, 0.29) is 27.8 Å². The minimum atomic E-state index is -0.540. The van der Waals surface area contributed by atoms with E-state index in [4.69, 9.17) is 4.74 Å². The van der Waals surface area contributed by atoms with Gasteiger partial charge in [-0.05, 0) is 32.1 Å². The molecule has 1 aromatic heterocycles. The van der Waals surface area contributed by atoms with Crippen LogP contribution in [0.1, 0.15) is 41.7 Å². The summed E-state index contributed by atoms with van der Waals surface area (Å²) < 4.78 is 6.52. The number of ether oxygens (including phenoxy) is 1. The van der Waals surface area contributed by atoms with Crippen LogP contribution >= 0.6 is 0 Å². The first-order valence-electron chi connectivity index (χ1n) is 7.39.